The molecule has 82 heavy (non-hydrogen) atoms. The molecule has 0 aromatic heterocycles. The average Bonchev–Trinajstić information content (AvgIpc) is 1.52. The SMILES string of the molecule is COC1C(O)C(CO)OC(OC2C(O)COC(OC3C(C)OC(OC4C(O[C@H]5CC[C@]6(C)C7CC[C@]89C(=O)O[C@@](C)(CCCC(C)C)[C@H]8[C@H](OC(C)=O)C[C@@]9(C)C7=CCC6C5(C)C)OCC(OS(=O)(=O)[O-])C4O)C(O)C3O)C2O)C1O.[Na+]. The number of aliphatic hydroxyl groups is 8. The van der Waals surface area contributed by atoms with Crippen molar-refractivity contribution in [3.63, 3.8) is 0 Å². The van der Waals surface area contributed by atoms with Crippen molar-refractivity contribution >= 4 is 22.3 Å². The first-order valence-corrected chi connectivity index (χ1v) is 30.0. The van der Waals surface area contributed by atoms with E-state index in [0.29, 0.717) is 50.9 Å². The number of methoxy groups -OCH3 is 1. The molecule has 5 heterocycles. The van der Waals surface area contributed by atoms with Crippen LogP contribution in [0.5, 0.6) is 0 Å². The van der Waals surface area contributed by atoms with Crippen molar-refractivity contribution in [1.82, 2.24) is 0 Å². The summed E-state index contributed by atoms with van der Waals surface area (Å²) in [4.78, 5) is 27.4. The molecule has 1 spiro atoms. The van der Waals surface area contributed by atoms with Crippen LogP contribution in [0.4, 0.5) is 0 Å². The Bertz CT molecular complexity index is 2400. The predicted molar refractivity (Wildman–Crippen MR) is 274 cm³/mol. The molecule has 3 saturated carbocycles. The van der Waals surface area contributed by atoms with Crippen molar-refractivity contribution in [3.05, 3.63) is 11.6 Å². The van der Waals surface area contributed by atoms with Crippen molar-refractivity contribution < 1.29 is 149 Å². The van der Waals surface area contributed by atoms with Crippen molar-refractivity contribution in [1.29, 1.82) is 0 Å². The Hall–Kier alpha value is -1.13. The Balaban J connectivity index is 0.00000880. The van der Waals surface area contributed by atoms with E-state index in [-0.39, 0.29) is 58.7 Å². The van der Waals surface area contributed by atoms with Gasteiger partial charge in [-0.05, 0) is 93.8 Å². The Morgan fingerprint density at radius 3 is 2.09 bits per heavy atom. The number of rotatable bonds is 17. The summed E-state index contributed by atoms with van der Waals surface area (Å²) in [6, 6.07) is 0. The molecule has 27 heteroatoms. The van der Waals surface area contributed by atoms with E-state index in [1.807, 2.05) is 6.92 Å². The molecule has 464 valence electrons. The van der Waals surface area contributed by atoms with Gasteiger partial charge >= 0.3 is 41.5 Å². The molecule has 9 aliphatic rings. The van der Waals surface area contributed by atoms with Crippen LogP contribution in [0, 0.1) is 45.3 Å². The molecule has 27 atom stereocenters. The molecule has 8 N–H and O–H groups in total. The summed E-state index contributed by atoms with van der Waals surface area (Å²) >= 11 is 0. The number of carbonyl (C=O) groups excluding carboxylic acids is 2. The Labute approximate surface area is 501 Å². The quantitative estimate of drug-likeness (QED) is 0.0243. The van der Waals surface area contributed by atoms with Gasteiger partial charge in [0.05, 0.1) is 43.4 Å². The standard InChI is InChI=1S/C55H88O25S.Na/c1-24(2)12-11-17-54(9)45-30(73-26(4)57)20-53(8)28-13-14-33-51(5,6)34(16-18-52(33,7)27(28)15-19-55(45,53)50(65)79-54)75-49-44(36(60)32(23-71-49)80-81(66,67)68)78-47-38(62)37(61)41(25(3)72-47)76-46-39(63)42(29(58)22-70-46)77-48-40(64)43(69-10)35(59)31(21-56)74-48;/h13,24-25,27,29-49,56,58-64H,11-12,14-23H2,1-10H3,(H,66,67,68);/q;+1/p-1/t25?,27?,29?,30-,31?,32?,33?,34+,35?,36?,37?,38?,39?,40?,41?,42?,43?,44?,45-,46?,47?,48?,49?,52-,53+,54+,55-;/m1./s1. The van der Waals surface area contributed by atoms with Crippen molar-refractivity contribution in [3.8, 4) is 0 Å². The van der Waals surface area contributed by atoms with E-state index in [0.717, 1.165) is 12.8 Å². The topological polar surface area (TPSA) is 364 Å². The van der Waals surface area contributed by atoms with E-state index >= 15 is 0 Å². The summed E-state index contributed by atoms with van der Waals surface area (Å²) in [5.74, 6) is -0.435. The third kappa shape index (κ3) is 11.9. The van der Waals surface area contributed by atoms with Gasteiger partial charge in [0.2, 0.25) is 10.4 Å². The maximum atomic E-state index is 14.7. The molecule has 9 rings (SSSR count). The summed E-state index contributed by atoms with van der Waals surface area (Å²) in [7, 11) is -4.20. The van der Waals surface area contributed by atoms with Crippen LogP contribution >= 0.6 is 0 Å². The number of carbonyl (C=O) groups is 2. The van der Waals surface area contributed by atoms with Crippen LogP contribution in [-0.4, -0.2) is 221 Å². The average molecular weight is 1200 g/mol. The second-order valence-corrected chi connectivity index (χ2v) is 27.1. The zero-order valence-corrected chi connectivity index (χ0v) is 51.7. The van der Waals surface area contributed by atoms with Crippen LogP contribution in [0.1, 0.15) is 120 Å². The normalized spacial score (nSPS) is 49.1. The van der Waals surface area contributed by atoms with Gasteiger partial charge in [0.25, 0.3) is 0 Å². The van der Waals surface area contributed by atoms with E-state index in [9.17, 15) is 63.4 Å². The Morgan fingerprint density at radius 1 is 0.793 bits per heavy atom. The molecule has 4 aliphatic carbocycles. The van der Waals surface area contributed by atoms with E-state index in [4.69, 9.17) is 56.3 Å². The first-order chi connectivity index (χ1) is 37.9. The summed E-state index contributed by atoms with van der Waals surface area (Å²) in [5.41, 5.74) is -2.11. The van der Waals surface area contributed by atoms with E-state index < -0.39 is 181 Å². The number of esters is 2. The summed E-state index contributed by atoms with van der Waals surface area (Å²) < 4.78 is 106. The minimum Gasteiger partial charge on any atom is -0.726 e. The predicted octanol–water partition coefficient (Wildman–Crippen LogP) is -2.64. The van der Waals surface area contributed by atoms with Crippen LogP contribution in [0.2, 0.25) is 0 Å². The van der Waals surface area contributed by atoms with Gasteiger partial charge in [0.15, 0.2) is 25.2 Å². The Morgan fingerprint density at radius 2 is 1.44 bits per heavy atom. The molecule has 25 nitrogen and oxygen atoms in total. The molecule has 0 aromatic rings. The second kappa shape index (κ2) is 25.0. The van der Waals surface area contributed by atoms with Gasteiger partial charge in [-0.1, -0.05) is 59.6 Å². The maximum absolute atomic E-state index is 14.7. The number of allylic oxidation sites excluding steroid dienone is 2. The molecule has 0 bridgehead atoms. The van der Waals surface area contributed by atoms with Crippen LogP contribution in [-0.2, 0) is 76.3 Å². The minimum atomic E-state index is -5.41. The number of hydrogen-bond acceptors (Lipinski definition) is 25. The molecule has 0 amide bonds. The van der Waals surface area contributed by atoms with Crippen LogP contribution in [0.3, 0.4) is 0 Å². The molecule has 0 aromatic carbocycles. The third-order valence-corrected chi connectivity index (χ3v) is 20.9. The zero-order chi connectivity index (χ0) is 59.3. The van der Waals surface area contributed by atoms with E-state index in [2.05, 4.69) is 47.6 Å². The van der Waals surface area contributed by atoms with Crippen LogP contribution in [0.25, 0.3) is 0 Å². The zero-order valence-electron chi connectivity index (χ0n) is 48.8. The molecule has 8 fully saturated rings. The van der Waals surface area contributed by atoms with Crippen LogP contribution in [0.15, 0.2) is 11.6 Å². The molecular weight excluding hydrogens is 1120 g/mol. The van der Waals surface area contributed by atoms with E-state index in [1.54, 1.807) is 0 Å². The fourth-order valence-electron chi connectivity index (χ4n) is 16.5. The monoisotopic (exact) mass is 1200 g/mol. The third-order valence-electron chi connectivity index (χ3n) is 20.4. The van der Waals surface area contributed by atoms with Gasteiger partial charge in [-0.15, -0.1) is 0 Å². The minimum absolute atomic E-state index is 0. The smallest absolute Gasteiger partial charge is 0.726 e. The fourth-order valence-corrected chi connectivity index (χ4v) is 17.0. The van der Waals surface area contributed by atoms with Crippen LogP contribution < -0.4 is 29.6 Å². The first-order valence-electron chi connectivity index (χ1n) is 28.7. The van der Waals surface area contributed by atoms with Gasteiger partial charge in [0, 0.05) is 19.4 Å². The van der Waals surface area contributed by atoms with Gasteiger partial charge < -0.3 is 97.5 Å². The molecular formula is C55H87NaO25S. The number of aliphatic hydroxyl groups excluding tert-OH is 8. The molecule has 5 aliphatic heterocycles. The largest absolute Gasteiger partial charge is 1.00 e. The Kier molecular flexibility index (Phi) is 20.4. The van der Waals surface area contributed by atoms with Gasteiger partial charge in [0.1, 0.15) is 91.1 Å². The number of hydrogen-bond donors (Lipinski definition) is 8. The number of fused-ring (bicyclic) bond motifs is 4. The molecule has 0 radical (unpaired) electrons. The van der Waals surface area contributed by atoms with Gasteiger partial charge in [-0.2, -0.15) is 0 Å². The molecule has 20 unspecified atom stereocenters. The number of cyclic esters (lactones) is 1. The van der Waals surface area contributed by atoms with Crippen molar-refractivity contribution in [2.75, 3.05) is 26.9 Å². The summed E-state index contributed by atoms with van der Waals surface area (Å²) in [6.07, 6.45) is -22.0. The summed E-state index contributed by atoms with van der Waals surface area (Å²) in [6.45, 7) is 16.0. The maximum Gasteiger partial charge on any atom is 1.00 e. The number of ether oxygens (including phenoxy) is 11. The van der Waals surface area contributed by atoms with Gasteiger partial charge in [-0.3, -0.25) is 13.8 Å². The summed E-state index contributed by atoms with van der Waals surface area (Å²) in [5, 5.41) is 88.3. The van der Waals surface area contributed by atoms with E-state index in [1.165, 1.54) is 26.5 Å². The van der Waals surface area contributed by atoms with Gasteiger partial charge in [-0.25, -0.2) is 8.42 Å². The second-order valence-electron chi connectivity index (χ2n) is 26.0. The fraction of sp³-hybridized carbons (Fsp3) is 0.927. The molecule has 5 saturated heterocycles. The van der Waals surface area contributed by atoms with Crippen molar-refractivity contribution in [2.45, 2.75) is 249 Å². The first kappa shape index (κ1) is 66.8. The van der Waals surface area contributed by atoms with Crippen molar-refractivity contribution in [2.24, 2.45) is 45.3 Å².